The standard InChI is InChI=1S/C18H27BO4S/c1-6-13(16(20)21)11-12-24-15-9-7-14(8-10-15)19-22-17(2,3)18(4,5)23-19/h7-10,13H,6,11-12H2,1-5H3,(H,20,21). The number of carboxylic acid groups (broad SMARTS) is 1. The van der Waals surface area contributed by atoms with E-state index in [2.05, 4.69) is 0 Å². The van der Waals surface area contributed by atoms with Crippen LogP contribution < -0.4 is 5.46 Å². The Morgan fingerprint density at radius 3 is 2.17 bits per heavy atom. The van der Waals surface area contributed by atoms with Gasteiger partial charge in [-0.1, -0.05) is 19.1 Å². The molecule has 24 heavy (non-hydrogen) atoms. The van der Waals surface area contributed by atoms with E-state index in [1.54, 1.807) is 11.8 Å². The molecule has 1 aromatic rings. The largest absolute Gasteiger partial charge is 0.494 e. The van der Waals surface area contributed by atoms with Gasteiger partial charge in [-0.3, -0.25) is 4.79 Å². The highest BCUT2D eigenvalue weighted by Gasteiger charge is 2.51. The molecule has 1 aromatic carbocycles. The molecule has 0 amide bonds. The predicted octanol–water partition coefficient (Wildman–Crippen LogP) is 3.58. The maximum absolute atomic E-state index is 11.0. The molecule has 0 radical (unpaired) electrons. The van der Waals surface area contributed by atoms with Crippen molar-refractivity contribution in [3.8, 4) is 0 Å². The van der Waals surface area contributed by atoms with Crippen molar-refractivity contribution in [2.24, 2.45) is 5.92 Å². The molecule has 1 unspecified atom stereocenters. The van der Waals surface area contributed by atoms with Crippen LogP contribution in [0.15, 0.2) is 29.2 Å². The topological polar surface area (TPSA) is 55.8 Å². The Kier molecular flexibility index (Phi) is 6.05. The van der Waals surface area contributed by atoms with Gasteiger partial charge in [-0.05, 0) is 63.9 Å². The van der Waals surface area contributed by atoms with Crippen LogP contribution >= 0.6 is 11.8 Å². The number of thioether (sulfide) groups is 1. The second kappa shape index (κ2) is 7.50. The highest BCUT2D eigenvalue weighted by atomic mass is 32.2. The van der Waals surface area contributed by atoms with Crippen molar-refractivity contribution in [2.75, 3.05) is 5.75 Å². The van der Waals surface area contributed by atoms with Crippen molar-refractivity contribution in [3.05, 3.63) is 24.3 Å². The van der Waals surface area contributed by atoms with Gasteiger partial charge in [0.1, 0.15) is 0 Å². The summed E-state index contributed by atoms with van der Waals surface area (Å²) in [4.78, 5) is 12.2. The maximum atomic E-state index is 11.0. The Labute approximate surface area is 149 Å². The van der Waals surface area contributed by atoms with Crippen LogP contribution in [0, 0.1) is 5.92 Å². The Hall–Kier alpha value is -0.975. The van der Waals surface area contributed by atoms with E-state index in [4.69, 9.17) is 14.4 Å². The number of rotatable bonds is 7. The number of hydrogen-bond acceptors (Lipinski definition) is 4. The van der Waals surface area contributed by atoms with Gasteiger partial charge < -0.3 is 14.4 Å². The summed E-state index contributed by atoms with van der Waals surface area (Å²) in [5.74, 6) is -0.142. The molecule has 2 rings (SSSR count). The second-order valence-corrected chi connectivity index (χ2v) is 8.41. The molecule has 0 bridgehead atoms. The molecule has 0 saturated carbocycles. The Morgan fingerprint density at radius 2 is 1.71 bits per heavy atom. The molecular weight excluding hydrogens is 323 g/mol. The summed E-state index contributed by atoms with van der Waals surface area (Å²) < 4.78 is 12.1. The van der Waals surface area contributed by atoms with E-state index in [0.29, 0.717) is 12.8 Å². The van der Waals surface area contributed by atoms with E-state index in [1.807, 2.05) is 58.9 Å². The van der Waals surface area contributed by atoms with E-state index in [1.165, 1.54) is 0 Å². The molecule has 1 aliphatic heterocycles. The van der Waals surface area contributed by atoms with Crippen LogP contribution in [0.5, 0.6) is 0 Å². The van der Waals surface area contributed by atoms with Crippen LogP contribution in [0.3, 0.4) is 0 Å². The van der Waals surface area contributed by atoms with Gasteiger partial charge in [-0.15, -0.1) is 11.8 Å². The lowest BCUT2D eigenvalue weighted by atomic mass is 9.79. The van der Waals surface area contributed by atoms with Gasteiger partial charge in [0.2, 0.25) is 0 Å². The molecule has 1 N–H and O–H groups in total. The normalized spacial score (nSPS) is 20.1. The zero-order valence-corrected chi connectivity index (χ0v) is 16.0. The number of hydrogen-bond donors (Lipinski definition) is 1. The molecule has 0 spiro atoms. The zero-order chi connectivity index (χ0) is 18.0. The summed E-state index contributed by atoms with van der Waals surface area (Å²) in [7, 11) is -0.342. The molecule has 132 valence electrons. The lowest BCUT2D eigenvalue weighted by molar-refractivity contribution is -0.141. The van der Waals surface area contributed by atoms with Crippen molar-refractivity contribution in [3.63, 3.8) is 0 Å². The molecule has 1 fully saturated rings. The number of benzene rings is 1. The van der Waals surface area contributed by atoms with Crippen molar-refractivity contribution >= 4 is 30.3 Å². The molecule has 1 heterocycles. The van der Waals surface area contributed by atoms with Gasteiger partial charge in [0.15, 0.2) is 0 Å². The van der Waals surface area contributed by atoms with Crippen LogP contribution in [0.2, 0.25) is 0 Å². The maximum Gasteiger partial charge on any atom is 0.494 e. The van der Waals surface area contributed by atoms with E-state index in [0.717, 1.165) is 16.1 Å². The minimum absolute atomic E-state index is 0.249. The number of aliphatic carboxylic acids is 1. The van der Waals surface area contributed by atoms with Gasteiger partial charge in [0.05, 0.1) is 17.1 Å². The third-order valence-electron chi connectivity index (χ3n) is 4.98. The van der Waals surface area contributed by atoms with Gasteiger partial charge >= 0.3 is 13.1 Å². The summed E-state index contributed by atoms with van der Waals surface area (Å²) in [6.45, 7) is 10.1. The molecule has 0 aromatic heterocycles. The first kappa shape index (κ1) is 19.4. The lowest BCUT2D eigenvalue weighted by Gasteiger charge is -2.32. The molecule has 1 aliphatic rings. The third kappa shape index (κ3) is 4.35. The lowest BCUT2D eigenvalue weighted by Crippen LogP contribution is -2.41. The van der Waals surface area contributed by atoms with Crippen LogP contribution in [0.25, 0.3) is 0 Å². The molecule has 1 saturated heterocycles. The first-order chi connectivity index (χ1) is 11.2. The summed E-state index contributed by atoms with van der Waals surface area (Å²) in [6, 6.07) is 8.15. The Morgan fingerprint density at radius 1 is 1.17 bits per heavy atom. The number of carbonyl (C=O) groups is 1. The third-order valence-corrected chi connectivity index (χ3v) is 6.03. The quantitative estimate of drug-likeness (QED) is 0.602. The SMILES string of the molecule is CCC(CCSc1ccc(B2OC(C)(C)C(C)(C)O2)cc1)C(=O)O. The Balaban J connectivity index is 1.91. The molecular formula is C18H27BO4S. The van der Waals surface area contributed by atoms with Crippen LogP contribution in [-0.4, -0.2) is 35.1 Å². The highest BCUT2D eigenvalue weighted by Crippen LogP contribution is 2.36. The first-order valence-electron chi connectivity index (χ1n) is 8.47. The highest BCUT2D eigenvalue weighted by molar-refractivity contribution is 7.99. The average molecular weight is 350 g/mol. The van der Waals surface area contributed by atoms with Crippen LogP contribution in [0.1, 0.15) is 47.5 Å². The zero-order valence-electron chi connectivity index (χ0n) is 15.2. The Bertz CT molecular complexity index is 555. The van der Waals surface area contributed by atoms with E-state index >= 15 is 0 Å². The summed E-state index contributed by atoms with van der Waals surface area (Å²) >= 11 is 1.69. The van der Waals surface area contributed by atoms with Crippen LogP contribution in [-0.2, 0) is 14.1 Å². The summed E-state index contributed by atoms with van der Waals surface area (Å²) in [5.41, 5.74) is 0.337. The van der Waals surface area contributed by atoms with Gasteiger partial charge in [-0.2, -0.15) is 0 Å². The fourth-order valence-corrected chi connectivity index (χ4v) is 3.49. The van der Waals surface area contributed by atoms with E-state index in [-0.39, 0.29) is 24.2 Å². The molecule has 1 atom stereocenters. The van der Waals surface area contributed by atoms with Crippen molar-refractivity contribution in [1.29, 1.82) is 0 Å². The predicted molar refractivity (Wildman–Crippen MR) is 98.9 cm³/mol. The minimum atomic E-state index is -0.700. The smallest absolute Gasteiger partial charge is 0.481 e. The van der Waals surface area contributed by atoms with Gasteiger partial charge in [0.25, 0.3) is 0 Å². The van der Waals surface area contributed by atoms with E-state index in [9.17, 15) is 4.79 Å². The van der Waals surface area contributed by atoms with Crippen LogP contribution in [0.4, 0.5) is 0 Å². The molecule has 4 nitrogen and oxygen atoms in total. The minimum Gasteiger partial charge on any atom is -0.481 e. The van der Waals surface area contributed by atoms with Crippen molar-refractivity contribution in [1.82, 2.24) is 0 Å². The fraction of sp³-hybridized carbons (Fsp3) is 0.611. The summed E-state index contributed by atoms with van der Waals surface area (Å²) in [6.07, 6.45) is 1.37. The first-order valence-corrected chi connectivity index (χ1v) is 9.46. The van der Waals surface area contributed by atoms with Gasteiger partial charge in [-0.25, -0.2) is 0 Å². The monoisotopic (exact) mass is 350 g/mol. The molecule has 6 heteroatoms. The summed E-state index contributed by atoms with van der Waals surface area (Å²) in [5, 5.41) is 9.08. The second-order valence-electron chi connectivity index (χ2n) is 7.24. The van der Waals surface area contributed by atoms with Crippen molar-refractivity contribution < 1.29 is 19.2 Å². The van der Waals surface area contributed by atoms with Crippen molar-refractivity contribution in [2.45, 2.75) is 63.6 Å². The fourth-order valence-electron chi connectivity index (χ4n) is 2.52. The van der Waals surface area contributed by atoms with E-state index < -0.39 is 5.97 Å². The number of carboxylic acids is 1. The van der Waals surface area contributed by atoms with Gasteiger partial charge in [0, 0.05) is 4.90 Å². The molecule has 0 aliphatic carbocycles. The average Bonchev–Trinajstić information content (AvgIpc) is 2.72.